The molecule has 1 aliphatic heterocycles. The van der Waals surface area contributed by atoms with Crippen molar-refractivity contribution in [1.29, 1.82) is 0 Å². The van der Waals surface area contributed by atoms with Gasteiger partial charge in [0.25, 0.3) is 0 Å². The van der Waals surface area contributed by atoms with Gasteiger partial charge in [-0.2, -0.15) is 0 Å². The molecule has 1 aromatic heterocycles. The van der Waals surface area contributed by atoms with Crippen molar-refractivity contribution in [3.63, 3.8) is 0 Å². The molecule has 34 heavy (non-hydrogen) atoms. The number of carbonyl (C=O) groups is 1. The van der Waals surface area contributed by atoms with Crippen LogP contribution in [0.4, 0.5) is 10.5 Å². The molecule has 2 aromatic carbocycles. The van der Waals surface area contributed by atoms with Crippen LogP contribution in [-0.2, 0) is 17.7 Å². The summed E-state index contributed by atoms with van der Waals surface area (Å²) in [6, 6.07) is 18.9. The number of ether oxygens (including phenoxy) is 1. The van der Waals surface area contributed by atoms with Gasteiger partial charge in [-0.1, -0.05) is 42.5 Å². The molecule has 1 amide bonds. The molecule has 6 heteroatoms. The molecule has 1 aliphatic carbocycles. The second kappa shape index (κ2) is 9.79. The first-order chi connectivity index (χ1) is 16.6. The van der Waals surface area contributed by atoms with Gasteiger partial charge >= 0.3 is 6.09 Å². The summed E-state index contributed by atoms with van der Waals surface area (Å²) in [6.45, 7) is 5.52. The Bertz CT molecular complexity index is 1210. The van der Waals surface area contributed by atoms with Crippen molar-refractivity contribution >= 4 is 17.4 Å². The van der Waals surface area contributed by atoms with E-state index in [2.05, 4.69) is 64.6 Å². The van der Waals surface area contributed by atoms with Crippen LogP contribution in [0.1, 0.15) is 22.4 Å². The van der Waals surface area contributed by atoms with E-state index in [9.17, 15) is 4.79 Å². The quantitative estimate of drug-likeness (QED) is 0.608. The van der Waals surface area contributed by atoms with Crippen molar-refractivity contribution in [1.82, 2.24) is 14.8 Å². The van der Waals surface area contributed by atoms with Crippen molar-refractivity contribution < 1.29 is 9.53 Å². The summed E-state index contributed by atoms with van der Waals surface area (Å²) >= 11 is 0. The Morgan fingerprint density at radius 2 is 1.79 bits per heavy atom. The number of pyridine rings is 1. The third-order valence-corrected chi connectivity index (χ3v) is 6.65. The second-order valence-electron chi connectivity index (χ2n) is 9.01. The fourth-order valence-electron chi connectivity index (χ4n) is 4.63. The van der Waals surface area contributed by atoms with E-state index in [4.69, 9.17) is 9.72 Å². The summed E-state index contributed by atoms with van der Waals surface area (Å²) in [4.78, 5) is 21.3. The van der Waals surface area contributed by atoms with Crippen molar-refractivity contribution in [3.8, 4) is 11.1 Å². The number of likely N-dealkylation sites (N-methyl/N-ethyl adjacent to an activating group) is 1. The van der Waals surface area contributed by atoms with Crippen LogP contribution < -0.4 is 5.32 Å². The first-order valence-corrected chi connectivity index (χ1v) is 11.7. The summed E-state index contributed by atoms with van der Waals surface area (Å²) in [7, 11) is 3.55. The summed E-state index contributed by atoms with van der Waals surface area (Å²) in [5, 5.41) is 2.74. The van der Waals surface area contributed by atoms with Crippen LogP contribution in [0.3, 0.4) is 0 Å². The number of hydrogen-bond acceptors (Lipinski definition) is 5. The minimum Gasteiger partial charge on any atom is -0.453 e. The van der Waals surface area contributed by atoms with Gasteiger partial charge in [0, 0.05) is 62.2 Å². The Morgan fingerprint density at radius 3 is 2.56 bits per heavy atom. The highest BCUT2D eigenvalue weighted by molar-refractivity contribution is 5.89. The van der Waals surface area contributed by atoms with Gasteiger partial charge in [-0.3, -0.25) is 15.2 Å². The van der Waals surface area contributed by atoms with Crippen molar-refractivity contribution in [2.45, 2.75) is 13.0 Å². The molecule has 0 bridgehead atoms. The molecule has 1 N–H and O–H groups in total. The highest BCUT2D eigenvalue weighted by Crippen LogP contribution is 2.35. The summed E-state index contributed by atoms with van der Waals surface area (Å²) in [6.07, 6.45) is 4.51. The number of rotatable bonds is 5. The molecule has 0 spiro atoms. The number of methoxy groups -OCH3 is 1. The Labute approximate surface area is 200 Å². The smallest absolute Gasteiger partial charge is 0.411 e. The van der Waals surface area contributed by atoms with Gasteiger partial charge in [0.15, 0.2) is 0 Å². The van der Waals surface area contributed by atoms with Gasteiger partial charge in [-0.25, -0.2) is 4.79 Å². The number of benzene rings is 2. The molecule has 0 atom stereocenters. The van der Waals surface area contributed by atoms with Crippen molar-refractivity contribution in [2.75, 3.05) is 45.7 Å². The predicted molar refractivity (Wildman–Crippen MR) is 136 cm³/mol. The molecule has 6 nitrogen and oxygen atoms in total. The van der Waals surface area contributed by atoms with E-state index >= 15 is 0 Å². The predicted octanol–water partition coefficient (Wildman–Crippen LogP) is 4.66. The molecule has 1 fully saturated rings. The molecule has 0 unspecified atom stereocenters. The lowest BCUT2D eigenvalue weighted by atomic mass is 9.97. The number of nitrogens with one attached hydrogen (secondary N) is 1. The maximum absolute atomic E-state index is 11.6. The number of fused-ring (bicyclic) bond motifs is 1. The van der Waals surface area contributed by atoms with Gasteiger partial charge in [-0.05, 0) is 47.5 Å². The lowest BCUT2D eigenvalue weighted by Crippen LogP contribution is -2.43. The molecule has 2 aliphatic rings. The van der Waals surface area contributed by atoms with Crippen LogP contribution in [0.25, 0.3) is 16.7 Å². The number of carbonyl (C=O) groups excluding carboxylic acids is 1. The second-order valence-corrected chi connectivity index (χ2v) is 9.01. The fourth-order valence-corrected chi connectivity index (χ4v) is 4.63. The maximum Gasteiger partial charge on any atom is 0.411 e. The summed E-state index contributed by atoms with van der Waals surface area (Å²) in [5.41, 5.74) is 8.76. The van der Waals surface area contributed by atoms with Crippen LogP contribution in [0.5, 0.6) is 0 Å². The lowest BCUT2D eigenvalue weighted by Gasteiger charge is -2.32. The van der Waals surface area contributed by atoms with Gasteiger partial charge in [0.1, 0.15) is 0 Å². The van der Waals surface area contributed by atoms with Crippen molar-refractivity contribution in [3.05, 3.63) is 89.3 Å². The van der Waals surface area contributed by atoms with E-state index in [0.29, 0.717) is 5.69 Å². The Hall–Kier alpha value is -3.48. The topological polar surface area (TPSA) is 57.7 Å². The van der Waals surface area contributed by atoms with Gasteiger partial charge < -0.3 is 9.64 Å². The van der Waals surface area contributed by atoms with Gasteiger partial charge in [0.2, 0.25) is 0 Å². The number of aromatic nitrogens is 1. The Balaban J connectivity index is 1.34. The molecule has 2 heterocycles. The van der Waals surface area contributed by atoms with E-state index in [1.54, 1.807) is 0 Å². The first-order valence-electron chi connectivity index (χ1n) is 11.7. The molecule has 1 saturated heterocycles. The van der Waals surface area contributed by atoms with Crippen molar-refractivity contribution in [2.24, 2.45) is 0 Å². The zero-order valence-corrected chi connectivity index (χ0v) is 19.8. The summed E-state index contributed by atoms with van der Waals surface area (Å²) in [5.74, 6) is 0. The minimum absolute atomic E-state index is 0.474. The molecule has 174 valence electrons. The number of amides is 1. The van der Waals surface area contributed by atoms with Crippen LogP contribution in [-0.4, -0.2) is 61.2 Å². The van der Waals surface area contributed by atoms with Crippen LogP contribution in [0.2, 0.25) is 0 Å². The van der Waals surface area contributed by atoms with E-state index < -0.39 is 6.09 Å². The average Bonchev–Trinajstić information content (AvgIpc) is 3.29. The van der Waals surface area contributed by atoms with Crippen LogP contribution >= 0.6 is 0 Å². The average molecular weight is 455 g/mol. The normalized spacial score (nSPS) is 16.1. The zero-order valence-electron chi connectivity index (χ0n) is 19.8. The Morgan fingerprint density at radius 1 is 1.00 bits per heavy atom. The number of allylic oxidation sites excluding steroid dienone is 1. The maximum atomic E-state index is 11.6. The number of nitrogens with zero attached hydrogens (tertiary/aromatic N) is 3. The highest BCUT2D eigenvalue weighted by atomic mass is 16.5. The van der Waals surface area contributed by atoms with Crippen LogP contribution in [0, 0.1) is 0 Å². The number of anilines is 1. The molecule has 3 aromatic rings. The monoisotopic (exact) mass is 454 g/mol. The molecule has 0 saturated carbocycles. The fraction of sp³-hybridized carbons (Fsp3) is 0.286. The van der Waals surface area contributed by atoms with Crippen LogP contribution in [0.15, 0.2) is 66.9 Å². The SMILES string of the molecule is COC(=O)Nc1cccc(C2=CCc3ncc(-c4ccc(CN5CCN(C)CC5)cc4)cc32)c1. The zero-order chi connectivity index (χ0) is 23.5. The van der Waals surface area contributed by atoms with E-state index in [0.717, 1.165) is 67.1 Å². The minimum atomic E-state index is -0.474. The highest BCUT2D eigenvalue weighted by Gasteiger charge is 2.19. The number of hydrogen-bond donors (Lipinski definition) is 1. The van der Waals surface area contributed by atoms with Gasteiger partial charge in [0.05, 0.1) is 12.8 Å². The summed E-state index contributed by atoms with van der Waals surface area (Å²) < 4.78 is 4.72. The molecular weight excluding hydrogens is 424 g/mol. The number of piperazine rings is 1. The van der Waals surface area contributed by atoms with E-state index in [1.165, 1.54) is 18.2 Å². The first kappa shape index (κ1) is 22.3. The van der Waals surface area contributed by atoms with E-state index in [1.807, 2.05) is 24.4 Å². The standard InChI is InChI=1S/C28H30N4O2/c1-31-12-14-32(15-13-31)19-20-6-8-21(9-7-20)23-17-26-25(10-11-27(26)29-18-23)22-4-3-5-24(16-22)30-28(33)34-2/h3-10,16-18H,11-15,19H2,1-2H3,(H,30,33). The largest absolute Gasteiger partial charge is 0.453 e. The third kappa shape index (κ3) is 4.88. The Kier molecular flexibility index (Phi) is 6.43. The lowest BCUT2D eigenvalue weighted by molar-refractivity contribution is 0.148. The third-order valence-electron chi connectivity index (χ3n) is 6.65. The molecule has 5 rings (SSSR count). The van der Waals surface area contributed by atoms with E-state index in [-0.39, 0.29) is 0 Å². The molecule has 0 radical (unpaired) electrons. The van der Waals surface area contributed by atoms with Gasteiger partial charge in [-0.15, -0.1) is 0 Å². The molecular formula is C28H30N4O2.